The van der Waals surface area contributed by atoms with E-state index in [0.29, 0.717) is 19.3 Å². The molecule has 0 radical (unpaired) electrons. The third kappa shape index (κ3) is 28.3. The van der Waals surface area contributed by atoms with E-state index in [9.17, 15) is 29.1 Å². The Morgan fingerprint density at radius 1 is 0.554 bits per heavy atom. The second kappa shape index (κ2) is 36.6. The number of aliphatic hydroxyl groups excluding tert-OH is 1. The molecule has 2 N–H and O–H groups in total. The van der Waals surface area contributed by atoms with Crippen molar-refractivity contribution in [2.75, 3.05) is 6.61 Å². The van der Waals surface area contributed by atoms with E-state index < -0.39 is 66.5 Å². The van der Waals surface area contributed by atoms with Crippen LogP contribution in [0.15, 0.2) is 30.3 Å². The van der Waals surface area contributed by atoms with Crippen molar-refractivity contribution in [3.05, 3.63) is 35.9 Å². The van der Waals surface area contributed by atoms with Crippen molar-refractivity contribution in [3.63, 3.8) is 0 Å². The van der Waals surface area contributed by atoms with Gasteiger partial charge in [0, 0.05) is 40.5 Å². The number of carbonyl (C=O) groups is 5. The molecule has 1 aromatic carbocycles. The Balaban J connectivity index is 1.85. The van der Waals surface area contributed by atoms with Crippen LogP contribution in [0.1, 0.15) is 220 Å². The highest BCUT2D eigenvalue weighted by atomic mass is 16.7. The maximum Gasteiger partial charge on any atom is 0.303 e. The highest BCUT2D eigenvalue weighted by Crippen LogP contribution is 2.32. The maximum atomic E-state index is 13.5. The average Bonchev–Trinajstić information content (AvgIpc) is 3.26. The second-order valence-electron chi connectivity index (χ2n) is 18.5. The predicted octanol–water partition coefficient (Wildman–Crippen LogP) is 11.1. The van der Waals surface area contributed by atoms with Crippen LogP contribution in [0.25, 0.3) is 0 Å². The number of aryl methyl sites for hydroxylation is 1. The molecule has 1 heterocycles. The molecule has 1 unspecified atom stereocenters. The lowest BCUT2D eigenvalue weighted by Crippen LogP contribution is -2.63. The number of benzene rings is 1. The Kier molecular flexibility index (Phi) is 32.4. The minimum atomic E-state index is -1.33. The molecule has 2 rings (SSSR count). The minimum absolute atomic E-state index is 0.0376. The Morgan fingerprint density at radius 2 is 0.985 bits per heavy atom. The zero-order chi connectivity index (χ0) is 47.5. The Bertz CT molecular complexity index is 1420. The van der Waals surface area contributed by atoms with Gasteiger partial charge in [0.25, 0.3) is 0 Å². The fourth-order valence-electron chi connectivity index (χ4n) is 8.95. The van der Waals surface area contributed by atoms with Crippen molar-refractivity contribution in [2.24, 2.45) is 0 Å². The van der Waals surface area contributed by atoms with Crippen LogP contribution in [0.5, 0.6) is 0 Å². The van der Waals surface area contributed by atoms with Gasteiger partial charge < -0.3 is 34.1 Å². The lowest BCUT2D eigenvalue weighted by atomic mass is 9.88. The van der Waals surface area contributed by atoms with E-state index in [0.717, 1.165) is 32.1 Å². The third-order valence-electron chi connectivity index (χ3n) is 12.4. The van der Waals surface area contributed by atoms with Crippen LogP contribution in [0, 0.1) is 0 Å². The number of hydrogen-bond donors (Lipinski definition) is 2. The summed E-state index contributed by atoms with van der Waals surface area (Å²) >= 11 is 0. The standard InChI is InChI=1S/C53H89NO11/c1-6-7-8-9-10-11-12-13-14-15-16-17-18-19-20-21-22-23-24-25-26-27-31-38-50(60)54-46(47(59)37-33-32-36-45-34-29-28-30-35-45)39-48-51(62-42(3)56)53(64-44(5)58)52(63-43(4)57)49(65-48)40-61-41(2)55/h28-30,34-35,46-49,51-53,59H,6-27,31-33,36-40H2,1-5H3,(H,54,60)/t46-,47-,48?,49-,51+,52+,53-/m1/s1. The van der Waals surface area contributed by atoms with Gasteiger partial charge in [-0.25, -0.2) is 0 Å². The molecule has 0 spiro atoms. The van der Waals surface area contributed by atoms with Gasteiger partial charge in [-0.1, -0.05) is 185 Å². The molecule has 0 saturated carbocycles. The van der Waals surface area contributed by atoms with Crippen LogP contribution < -0.4 is 5.32 Å². The smallest absolute Gasteiger partial charge is 0.303 e. The maximum absolute atomic E-state index is 13.5. The molecule has 12 heteroatoms. The summed E-state index contributed by atoms with van der Waals surface area (Å²) in [5.74, 6) is -2.98. The summed E-state index contributed by atoms with van der Waals surface area (Å²) in [6.07, 6.45) is 25.7. The topological polar surface area (TPSA) is 164 Å². The number of carbonyl (C=O) groups excluding carboxylic acids is 5. The molecule has 1 aliphatic heterocycles. The molecule has 0 aromatic heterocycles. The van der Waals surface area contributed by atoms with Crippen molar-refractivity contribution in [1.82, 2.24) is 5.32 Å². The van der Waals surface area contributed by atoms with E-state index in [1.165, 1.54) is 155 Å². The molecule has 1 aromatic rings. The van der Waals surface area contributed by atoms with Crippen molar-refractivity contribution in [2.45, 2.75) is 263 Å². The second-order valence-corrected chi connectivity index (χ2v) is 18.5. The number of unbranched alkanes of at least 4 members (excludes halogenated alkanes) is 23. The monoisotopic (exact) mass is 916 g/mol. The van der Waals surface area contributed by atoms with Gasteiger partial charge in [-0.05, 0) is 31.2 Å². The van der Waals surface area contributed by atoms with Crippen molar-refractivity contribution in [3.8, 4) is 0 Å². The van der Waals surface area contributed by atoms with Crippen LogP contribution in [0.2, 0.25) is 0 Å². The van der Waals surface area contributed by atoms with Gasteiger partial charge >= 0.3 is 23.9 Å². The van der Waals surface area contributed by atoms with Gasteiger partial charge in [-0.15, -0.1) is 0 Å². The Labute approximate surface area is 392 Å². The van der Waals surface area contributed by atoms with Gasteiger partial charge in [-0.2, -0.15) is 0 Å². The Hall–Kier alpha value is -3.51. The molecule has 1 fully saturated rings. The van der Waals surface area contributed by atoms with Gasteiger partial charge in [-0.3, -0.25) is 24.0 Å². The number of amides is 1. The Morgan fingerprint density at radius 3 is 1.43 bits per heavy atom. The van der Waals surface area contributed by atoms with Crippen LogP contribution in [-0.2, 0) is 54.1 Å². The number of hydrogen-bond acceptors (Lipinski definition) is 11. The molecule has 1 saturated heterocycles. The van der Waals surface area contributed by atoms with Gasteiger partial charge in [0.05, 0.1) is 12.1 Å². The fraction of sp³-hybridized carbons (Fsp3) is 0.792. The lowest BCUT2D eigenvalue weighted by Gasteiger charge is -2.45. The van der Waals surface area contributed by atoms with E-state index in [1.54, 1.807) is 0 Å². The summed E-state index contributed by atoms with van der Waals surface area (Å²) in [4.78, 5) is 62.4. The van der Waals surface area contributed by atoms with Gasteiger partial charge in [0.2, 0.25) is 5.91 Å². The summed E-state index contributed by atoms with van der Waals surface area (Å²) in [6.45, 7) is 6.67. The number of nitrogens with one attached hydrogen (secondary N) is 1. The first-order valence-electron chi connectivity index (χ1n) is 25.7. The summed E-state index contributed by atoms with van der Waals surface area (Å²) in [7, 11) is 0. The summed E-state index contributed by atoms with van der Waals surface area (Å²) < 4.78 is 28.4. The van der Waals surface area contributed by atoms with Crippen molar-refractivity contribution < 1.29 is 52.8 Å². The summed E-state index contributed by atoms with van der Waals surface area (Å²) in [5.41, 5.74) is 1.19. The van der Waals surface area contributed by atoms with Crippen LogP contribution in [0.3, 0.4) is 0 Å². The number of aliphatic hydroxyl groups is 1. The molecule has 1 amide bonds. The zero-order valence-corrected chi connectivity index (χ0v) is 41.2. The fourth-order valence-corrected chi connectivity index (χ4v) is 8.95. The third-order valence-corrected chi connectivity index (χ3v) is 12.4. The van der Waals surface area contributed by atoms with E-state index in [-0.39, 0.29) is 25.4 Å². The quantitative estimate of drug-likeness (QED) is 0.0369. The van der Waals surface area contributed by atoms with Crippen molar-refractivity contribution in [1.29, 1.82) is 0 Å². The molecule has 0 aliphatic carbocycles. The molecule has 1 aliphatic rings. The van der Waals surface area contributed by atoms with E-state index >= 15 is 0 Å². The molecule has 7 atom stereocenters. The van der Waals surface area contributed by atoms with Gasteiger partial charge in [0.15, 0.2) is 18.3 Å². The minimum Gasteiger partial charge on any atom is -0.463 e. The molecular formula is C53H89NO11. The number of rotatable bonds is 38. The summed E-state index contributed by atoms with van der Waals surface area (Å²) in [5, 5.41) is 14.7. The average molecular weight is 916 g/mol. The van der Waals surface area contributed by atoms with Crippen LogP contribution in [-0.4, -0.2) is 84.2 Å². The SMILES string of the molecule is CCCCCCCCCCCCCCCCCCCCCCCCCC(=O)N[C@H](CC1O[C@H](COC(C)=O)[C@H](OC(C)=O)[C@H](OC(C)=O)[C@H]1OC(C)=O)[C@H](O)CCCCc1ccccc1. The van der Waals surface area contributed by atoms with Crippen molar-refractivity contribution >= 4 is 29.8 Å². The van der Waals surface area contributed by atoms with E-state index in [2.05, 4.69) is 24.4 Å². The first-order valence-corrected chi connectivity index (χ1v) is 25.7. The highest BCUT2D eigenvalue weighted by molar-refractivity contribution is 5.76. The van der Waals surface area contributed by atoms with E-state index in [1.807, 2.05) is 18.2 Å². The first kappa shape index (κ1) is 57.6. The van der Waals surface area contributed by atoms with Gasteiger partial charge in [0.1, 0.15) is 18.8 Å². The molecule has 12 nitrogen and oxygen atoms in total. The molecule has 0 bridgehead atoms. The first-order chi connectivity index (χ1) is 31.4. The summed E-state index contributed by atoms with van der Waals surface area (Å²) in [6, 6.07) is 9.25. The lowest BCUT2D eigenvalue weighted by molar-refractivity contribution is -0.254. The number of esters is 4. The van der Waals surface area contributed by atoms with E-state index in [4.69, 9.17) is 23.7 Å². The normalized spacial score (nSPS) is 19.2. The largest absolute Gasteiger partial charge is 0.463 e. The molecular weight excluding hydrogens is 827 g/mol. The predicted molar refractivity (Wildman–Crippen MR) is 255 cm³/mol. The van der Waals surface area contributed by atoms with Crippen LogP contribution in [0.4, 0.5) is 0 Å². The molecule has 65 heavy (non-hydrogen) atoms. The molecule has 372 valence electrons. The zero-order valence-electron chi connectivity index (χ0n) is 41.2. The highest BCUT2D eigenvalue weighted by Gasteiger charge is 2.52. The van der Waals surface area contributed by atoms with Crippen LogP contribution >= 0.6 is 0 Å². The number of ether oxygens (including phenoxy) is 5.